The minimum absolute atomic E-state index is 0.682. The normalized spacial score (nSPS) is 25.1. The third kappa shape index (κ3) is 4.01. The number of carbonyl (C=O) groups is 1. The molecule has 1 aliphatic heterocycles. The molecule has 10 heteroatoms. The van der Waals surface area contributed by atoms with Gasteiger partial charge in [-0.05, 0) is 0 Å². The largest absolute Gasteiger partial charge is 0.454 e. The summed E-state index contributed by atoms with van der Waals surface area (Å²) in [6.07, 6.45) is -6.34. The maximum absolute atomic E-state index is 11.6. The highest BCUT2D eigenvalue weighted by Crippen LogP contribution is 2.17. The van der Waals surface area contributed by atoms with Gasteiger partial charge in [-0.15, -0.1) is 0 Å². The highest BCUT2D eigenvalue weighted by atomic mass is 32.3. The Bertz CT molecular complexity index is 346. The summed E-state index contributed by atoms with van der Waals surface area (Å²) in [7, 11) is -4.28. The summed E-state index contributed by atoms with van der Waals surface area (Å²) in [5.41, 5.74) is 0. The summed E-state index contributed by atoms with van der Waals surface area (Å²) >= 11 is 0. The van der Waals surface area contributed by atoms with Crippen LogP contribution in [0.25, 0.3) is 0 Å². The van der Waals surface area contributed by atoms with Crippen molar-refractivity contribution in [2.45, 2.75) is 12.3 Å². The molecule has 0 aromatic rings. The Morgan fingerprint density at radius 1 is 1.47 bits per heavy atom. The molecule has 0 aliphatic carbocycles. The molecule has 1 heterocycles. The van der Waals surface area contributed by atoms with Crippen molar-refractivity contribution in [1.82, 2.24) is 0 Å². The van der Waals surface area contributed by atoms with E-state index in [1.54, 1.807) is 0 Å². The number of alkyl halides is 3. The third-order valence-electron chi connectivity index (χ3n) is 1.24. The number of esters is 1. The van der Waals surface area contributed by atoms with Gasteiger partial charge in [0.15, 0.2) is 6.61 Å². The van der Waals surface area contributed by atoms with E-state index < -0.39 is 41.9 Å². The van der Waals surface area contributed by atoms with Gasteiger partial charge in [-0.2, -0.15) is 21.6 Å². The third-order valence-corrected chi connectivity index (χ3v) is 2.13. The molecular formula is C5H5F3O6S. The quantitative estimate of drug-likeness (QED) is 0.629. The van der Waals surface area contributed by atoms with Crippen LogP contribution < -0.4 is 0 Å². The summed E-state index contributed by atoms with van der Waals surface area (Å²) in [6.45, 7) is -2.48. The first-order valence-corrected chi connectivity index (χ1v) is 4.84. The summed E-state index contributed by atoms with van der Waals surface area (Å²) in [4.78, 5) is 10.8. The van der Waals surface area contributed by atoms with Gasteiger partial charge in [-0.25, -0.2) is 13.2 Å². The zero-order valence-electron chi connectivity index (χ0n) is 6.98. The first kappa shape index (κ1) is 12.2. The summed E-state index contributed by atoms with van der Waals surface area (Å²) in [6, 6.07) is 0. The van der Waals surface area contributed by atoms with Crippen LogP contribution in [-0.4, -0.2) is 39.9 Å². The Hall–Kier alpha value is -0.870. The second-order valence-electron chi connectivity index (χ2n) is 2.50. The van der Waals surface area contributed by atoms with Crippen LogP contribution in [0.2, 0.25) is 0 Å². The van der Waals surface area contributed by atoms with Crippen molar-refractivity contribution in [2.24, 2.45) is 0 Å². The van der Waals surface area contributed by atoms with E-state index in [9.17, 15) is 26.4 Å². The van der Waals surface area contributed by atoms with Crippen molar-refractivity contribution in [3.05, 3.63) is 0 Å². The first-order valence-electron chi connectivity index (χ1n) is 3.51. The average molecular weight is 250 g/mol. The Morgan fingerprint density at radius 2 is 2.07 bits per heavy atom. The molecule has 15 heavy (non-hydrogen) atoms. The number of halogens is 3. The number of rotatable bonds is 2. The lowest BCUT2D eigenvalue weighted by Crippen LogP contribution is -2.29. The van der Waals surface area contributed by atoms with Crippen molar-refractivity contribution in [3.63, 3.8) is 0 Å². The second kappa shape index (κ2) is 3.94. The minimum Gasteiger partial charge on any atom is -0.454 e. The zero-order chi connectivity index (χ0) is 11.7. The fourth-order valence-electron chi connectivity index (χ4n) is 0.696. The monoisotopic (exact) mass is 250 g/mol. The lowest BCUT2D eigenvalue weighted by Gasteiger charge is -2.09. The maximum atomic E-state index is 11.6. The molecule has 0 radical (unpaired) electrons. The van der Waals surface area contributed by atoms with Gasteiger partial charge in [0.1, 0.15) is 6.61 Å². The molecule has 0 bridgehead atoms. The van der Waals surface area contributed by atoms with Crippen molar-refractivity contribution in [2.75, 3.05) is 13.2 Å². The number of ether oxygens (including phenoxy) is 1. The Balaban J connectivity index is 2.43. The van der Waals surface area contributed by atoms with Gasteiger partial charge in [0.2, 0.25) is 6.10 Å². The average Bonchev–Trinajstić information content (AvgIpc) is 2.40. The molecule has 88 valence electrons. The van der Waals surface area contributed by atoms with Crippen molar-refractivity contribution in [3.8, 4) is 0 Å². The van der Waals surface area contributed by atoms with Gasteiger partial charge >= 0.3 is 22.5 Å². The van der Waals surface area contributed by atoms with Crippen LogP contribution in [0.4, 0.5) is 13.2 Å². The molecule has 0 aromatic carbocycles. The molecule has 1 fully saturated rings. The summed E-state index contributed by atoms with van der Waals surface area (Å²) < 4.78 is 67.4. The molecule has 1 aliphatic rings. The fourth-order valence-corrected chi connectivity index (χ4v) is 1.46. The van der Waals surface area contributed by atoms with E-state index in [-0.39, 0.29) is 0 Å². The van der Waals surface area contributed by atoms with Crippen LogP contribution in [0, 0.1) is 0 Å². The molecule has 0 saturated carbocycles. The van der Waals surface area contributed by atoms with E-state index in [0.29, 0.717) is 0 Å². The summed E-state index contributed by atoms with van der Waals surface area (Å²) in [5.74, 6) is -1.44. The van der Waals surface area contributed by atoms with E-state index in [4.69, 9.17) is 0 Å². The number of hydrogen-bond acceptors (Lipinski definition) is 6. The van der Waals surface area contributed by atoms with Crippen molar-refractivity contribution >= 4 is 16.4 Å². The molecule has 1 rings (SSSR count). The van der Waals surface area contributed by atoms with Crippen LogP contribution >= 0.6 is 0 Å². The van der Waals surface area contributed by atoms with E-state index >= 15 is 0 Å². The predicted molar refractivity (Wildman–Crippen MR) is 36.8 cm³/mol. The predicted octanol–water partition coefficient (Wildman–Crippen LogP) is -0.248. The second-order valence-corrected chi connectivity index (χ2v) is 3.75. The molecule has 1 saturated heterocycles. The van der Waals surface area contributed by atoms with Crippen LogP contribution in [-0.2, 0) is 28.3 Å². The number of carbonyl (C=O) groups excluding carboxylic acids is 1. The van der Waals surface area contributed by atoms with Gasteiger partial charge in [-0.1, -0.05) is 0 Å². The molecule has 0 N–H and O–H groups in total. The van der Waals surface area contributed by atoms with Crippen LogP contribution in [0.3, 0.4) is 0 Å². The van der Waals surface area contributed by atoms with Crippen LogP contribution in [0.1, 0.15) is 0 Å². The summed E-state index contributed by atoms with van der Waals surface area (Å²) in [5, 5.41) is 0. The van der Waals surface area contributed by atoms with Gasteiger partial charge in [0, 0.05) is 0 Å². The van der Waals surface area contributed by atoms with E-state index in [1.165, 1.54) is 0 Å². The Kier molecular flexibility index (Phi) is 3.21. The Labute approximate surface area is 82.2 Å². The van der Waals surface area contributed by atoms with Gasteiger partial charge in [-0.3, -0.25) is 0 Å². The zero-order valence-corrected chi connectivity index (χ0v) is 7.80. The lowest BCUT2D eigenvalue weighted by molar-refractivity contribution is -0.190. The number of hydrogen-bond donors (Lipinski definition) is 0. The van der Waals surface area contributed by atoms with Crippen molar-refractivity contribution < 1.29 is 39.5 Å². The van der Waals surface area contributed by atoms with E-state index in [0.717, 1.165) is 0 Å². The topological polar surface area (TPSA) is 78.9 Å². The molecule has 6 nitrogen and oxygen atoms in total. The molecule has 0 spiro atoms. The highest BCUT2D eigenvalue weighted by Gasteiger charge is 2.38. The van der Waals surface area contributed by atoms with Crippen LogP contribution in [0.5, 0.6) is 0 Å². The maximum Gasteiger partial charge on any atom is 0.422 e. The van der Waals surface area contributed by atoms with Gasteiger partial charge in [0.25, 0.3) is 0 Å². The molecular weight excluding hydrogens is 245 g/mol. The smallest absolute Gasteiger partial charge is 0.422 e. The van der Waals surface area contributed by atoms with E-state index in [2.05, 4.69) is 13.1 Å². The minimum atomic E-state index is -4.67. The van der Waals surface area contributed by atoms with E-state index in [1.807, 2.05) is 0 Å². The van der Waals surface area contributed by atoms with Gasteiger partial charge < -0.3 is 4.74 Å². The lowest BCUT2D eigenvalue weighted by atomic mass is 10.4. The fraction of sp³-hybridized carbons (Fsp3) is 0.800. The van der Waals surface area contributed by atoms with Crippen LogP contribution in [0.15, 0.2) is 0 Å². The molecule has 1 unspecified atom stereocenters. The standard InChI is InChI=1S/C5H5F3O6S/c6-5(7,8)2-12-4(9)3-1-13-15(10,11)14-3/h3H,1-2H2. The SMILES string of the molecule is O=C(OCC(F)(F)F)C1COS(=O)(=O)O1. The Morgan fingerprint density at radius 3 is 2.47 bits per heavy atom. The highest BCUT2D eigenvalue weighted by molar-refractivity contribution is 7.82. The molecule has 0 amide bonds. The molecule has 1 atom stereocenters. The first-order chi connectivity index (χ1) is 6.70. The van der Waals surface area contributed by atoms with Gasteiger partial charge in [0.05, 0.1) is 0 Å². The molecule has 0 aromatic heterocycles. The van der Waals surface area contributed by atoms with Crippen molar-refractivity contribution in [1.29, 1.82) is 0 Å².